The van der Waals surface area contributed by atoms with E-state index in [2.05, 4.69) is 0 Å². The van der Waals surface area contributed by atoms with Crippen molar-refractivity contribution in [1.82, 2.24) is 0 Å². The molecule has 0 saturated carbocycles. The first kappa shape index (κ1) is 15.2. The van der Waals surface area contributed by atoms with Gasteiger partial charge >= 0.3 is 23.9 Å². The molecule has 0 amide bonds. The van der Waals surface area contributed by atoms with Crippen molar-refractivity contribution in [3.8, 4) is 0 Å². The highest BCUT2D eigenvalue weighted by Gasteiger charge is 2.60. The van der Waals surface area contributed by atoms with E-state index in [4.69, 9.17) is 23.7 Å². The van der Waals surface area contributed by atoms with Gasteiger partial charge in [-0.1, -0.05) is 0 Å². The summed E-state index contributed by atoms with van der Waals surface area (Å²) in [6, 6.07) is 0. The number of rotatable bonds is 3. The molecule has 0 aromatic heterocycles. The number of hydrogen-bond donors (Lipinski definition) is 0. The predicted octanol–water partition coefficient (Wildman–Crippen LogP) is -0.937. The molecule has 0 unspecified atom stereocenters. The average molecular weight is 302 g/mol. The lowest BCUT2D eigenvalue weighted by Gasteiger charge is -2.37. The second-order valence-corrected chi connectivity index (χ2v) is 4.58. The molecular weight excluding hydrogens is 288 g/mol. The number of esters is 4. The molecular formula is C12H14O9. The molecule has 0 aromatic rings. The first-order valence-electron chi connectivity index (χ1n) is 6.17. The van der Waals surface area contributed by atoms with Crippen LogP contribution in [0.3, 0.4) is 0 Å². The van der Waals surface area contributed by atoms with Crippen LogP contribution in [0.25, 0.3) is 0 Å². The first-order valence-corrected chi connectivity index (χ1v) is 6.17. The molecule has 9 nitrogen and oxygen atoms in total. The van der Waals surface area contributed by atoms with E-state index in [1.54, 1.807) is 0 Å². The minimum Gasteiger partial charge on any atom is -0.455 e. The summed E-state index contributed by atoms with van der Waals surface area (Å²) >= 11 is 0. The van der Waals surface area contributed by atoms with Crippen molar-refractivity contribution in [3.05, 3.63) is 0 Å². The molecule has 0 radical (unpaired) electrons. The predicted molar refractivity (Wildman–Crippen MR) is 61.4 cm³/mol. The molecule has 21 heavy (non-hydrogen) atoms. The van der Waals surface area contributed by atoms with Crippen molar-refractivity contribution < 1.29 is 42.9 Å². The van der Waals surface area contributed by atoms with Gasteiger partial charge in [0.15, 0.2) is 18.3 Å². The fourth-order valence-electron chi connectivity index (χ4n) is 2.24. The van der Waals surface area contributed by atoms with Gasteiger partial charge in [0.2, 0.25) is 12.4 Å². The number of fused-ring (bicyclic) bond motifs is 2. The van der Waals surface area contributed by atoms with Gasteiger partial charge < -0.3 is 23.7 Å². The average Bonchev–Trinajstić information content (AvgIpc) is 2.67. The molecule has 0 aliphatic carbocycles. The Kier molecular flexibility index (Phi) is 4.12. The topological polar surface area (TPSA) is 114 Å². The summed E-state index contributed by atoms with van der Waals surface area (Å²) in [5.74, 6) is -2.87. The zero-order chi connectivity index (χ0) is 15.7. The second kappa shape index (κ2) is 5.68. The van der Waals surface area contributed by atoms with E-state index >= 15 is 0 Å². The van der Waals surface area contributed by atoms with E-state index in [0.29, 0.717) is 0 Å². The summed E-state index contributed by atoms with van der Waals surface area (Å²) in [7, 11) is 0. The van der Waals surface area contributed by atoms with E-state index in [0.717, 1.165) is 20.8 Å². The van der Waals surface area contributed by atoms with Gasteiger partial charge in [-0.25, -0.2) is 4.79 Å². The molecule has 2 aliphatic rings. The Morgan fingerprint density at radius 2 is 1.33 bits per heavy atom. The summed E-state index contributed by atoms with van der Waals surface area (Å²) in [6.45, 7) is 3.39. The summed E-state index contributed by atoms with van der Waals surface area (Å²) in [6.07, 6.45) is -6.08. The van der Waals surface area contributed by atoms with Crippen molar-refractivity contribution in [2.45, 2.75) is 51.5 Å². The zero-order valence-corrected chi connectivity index (χ0v) is 11.6. The van der Waals surface area contributed by atoms with Crippen LogP contribution in [-0.2, 0) is 42.9 Å². The smallest absolute Gasteiger partial charge is 0.341 e. The normalized spacial score (nSPS) is 33.9. The van der Waals surface area contributed by atoms with Gasteiger partial charge in [-0.05, 0) is 0 Å². The lowest BCUT2D eigenvalue weighted by Crippen LogP contribution is -2.58. The molecule has 2 bridgehead atoms. The minimum absolute atomic E-state index is 0.691. The fraction of sp³-hybridized carbons (Fsp3) is 0.667. The Bertz CT molecular complexity index is 485. The fourth-order valence-corrected chi connectivity index (χ4v) is 2.24. The summed E-state index contributed by atoms with van der Waals surface area (Å²) in [5.41, 5.74) is 0. The number of carbonyl (C=O) groups excluding carboxylic acids is 4. The van der Waals surface area contributed by atoms with Gasteiger partial charge in [0.05, 0.1) is 0 Å². The van der Waals surface area contributed by atoms with Crippen LogP contribution in [-0.4, -0.2) is 54.6 Å². The Hall–Kier alpha value is -2.16. The van der Waals surface area contributed by atoms with E-state index in [1.807, 2.05) is 0 Å². The van der Waals surface area contributed by atoms with Crippen LogP contribution in [0.1, 0.15) is 20.8 Å². The van der Waals surface area contributed by atoms with Crippen LogP contribution < -0.4 is 0 Å². The zero-order valence-electron chi connectivity index (χ0n) is 11.6. The van der Waals surface area contributed by atoms with Crippen LogP contribution in [0.5, 0.6) is 0 Å². The maximum Gasteiger partial charge on any atom is 0.341 e. The monoisotopic (exact) mass is 302 g/mol. The Balaban J connectivity index is 2.32. The molecule has 2 rings (SSSR count). The van der Waals surface area contributed by atoms with Crippen molar-refractivity contribution in [2.75, 3.05) is 0 Å². The molecule has 0 N–H and O–H groups in total. The van der Waals surface area contributed by atoms with E-state index < -0.39 is 54.6 Å². The van der Waals surface area contributed by atoms with Crippen LogP contribution in [0.4, 0.5) is 0 Å². The lowest BCUT2D eigenvalue weighted by molar-refractivity contribution is -0.250. The molecule has 2 aliphatic heterocycles. The molecule has 2 fully saturated rings. The molecule has 116 valence electrons. The molecule has 9 heteroatoms. The largest absolute Gasteiger partial charge is 0.455 e. The van der Waals surface area contributed by atoms with Crippen molar-refractivity contribution in [3.63, 3.8) is 0 Å². The van der Waals surface area contributed by atoms with Crippen LogP contribution >= 0.6 is 0 Å². The second-order valence-electron chi connectivity index (χ2n) is 4.58. The van der Waals surface area contributed by atoms with Crippen LogP contribution in [0.2, 0.25) is 0 Å². The van der Waals surface area contributed by atoms with E-state index in [-0.39, 0.29) is 0 Å². The number of ether oxygens (including phenoxy) is 5. The van der Waals surface area contributed by atoms with E-state index in [9.17, 15) is 19.2 Å². The molecule has 2 saturated heterocycles. The number of carbonyl (C=O) groups is 4. The van der Waals surface area contributed by atoms with Crippen LogP contribution in [0.15, 0.2) is 0 Å². The lowest BCUT2D eigenvalue weighted by atomic mass is 10.00. The third-order valence-corrected chi connectivity index (χ3v) is 2.87. The minimum atomic E-state index is -1.25. The van der Waals surface area contributed by atoms with Gasteiger partial charge in [0.25, 0.3) is 0 Å². The summed E-state index contributed by atoms with van der Waals surface area (Å²) < 4.78 is 25.1. The van der Waals surface area contributed by atoms with Crippen molar-refractivity contribution in [2.24, 2.45) is 0 Å². The molecule has 2 heterocycles. The van der Waals surface area contributed by atoms with Gasteiger partial charge in [0.1, 0.15) is 0 Å². The highest BCUT2D eigenvalue weighted by Crippen LogP contribution is 2.34. The van der Waals surface area contributed by atoms with E-state index in [1.165, 1.54) is 0 Å². The number of hydrogen-bond acceptors (Lipinski definition) is 9. The highest BCUT2D eigenvalue weighted by molar-refractivity contribution is 5.79. The maximum atomic E-state index is 11.7. The van der Waals surface area contributed by atoms with Gasteiger partial charge in [-0.2, -0.15) is 0 Å². The van der Waals surface area contributed by atoms with Gasteiger partial charge in [0, 0.05) is 20.8 Å². The SMILES string of the molecule is CC(=O)O[C@H]1[C@@H](OC(C)=O)[C@@H]2O[C@@H](OC2=O)[C@@H]1OC(C)=O. The van der Waals surface area contributed by atoms with Gasteiger partial charge in [-0.15, -0.1) is 0 Å². The quantitative estimate of drug-likeness (QED) is 0.481. The Morgan fingerprint density at radius 1 is 0.857 bits per heavy atom. The summed E-state index contributed by atoms with van der Waals surface area (Å²) in [5, 5.41) is 0. The first-order chi connectivity index (χ1) is 9.79. The maximum absolute atomic E-state index is 11.7. The standard InChI is InChI=1S/C12H14O9/c1-4(13)17-7-8(18-5(2)14)10(19-6(3)15)12-20-9(7)11(16)21-12/h7-10,12H,1-3H3/t7-,8+,9+,10-,12+/m1/s1. The highest BCUT2D eigenvalue weighted by atomic mass is 16.8. The third-order valence-electron chi connectivity index (χ3n) is 2.87. The van der Waals surface area contributed by atoms with Crippen LogP contribution in [0, 0.1) is 0 Å². The van der Waals surface area contributed by atoms with Gasteiger partial charge in [-0.3, -0.25) is 14.4 Å². The molecule has 5 atom stereocenters. The Labute approximate surface area is 119 Å². The van der Waals surface area contributed by atoms with Crippen molar-refractivity contribution >= 4 is 23.9 Å². The summed E-state index contributed by atoms with van der Waals surface area (Å²) in [4.78, 5) is 45.2. The Morgan fingerprint density at radius 3 is 1.86 bits per heavy atom. The van der Waals surface area contributed by atoms with Crippen molar-refractivity contribution in [1.29, 1.82) is 0 Å². The molecule has 0 spiro atoms. The third kappa shape index (κ3) is 3.13. The molecule has 0 aromatic carbocycles.